The van der Waals surface area contributed by atoms with Gasteiger partial charge in [0.2, 0.25) is 0 Å². The normalized spacial score (nSPS) is 15.1. The van der Waals surface area contributed by atoms with E-state index in [4.69, 9.17) is 0 Å². The SMILES string of the molecule is CC(C)(C)C(=O)c1cccc2c1B(O)CC2. The van der Waals surface area contributed by atoms with Crippen LogP contribution in [-0.4, -0.2) is 17.7 Å². The first-order chi connectivity index (χ1) is 7.41. The molecule has 0 unspecified atom stereocenters. The highest BCUT2D eigenvalue weighted by atomic mass is 16.2. The standard InChI is InChI=1S/C13H17BO2/c1-13(2,3)12(15)10-6-4-5-9-7-8-14(16)11(9)10/h4-6,16H,7-8H2,1-3H3. The van der Waals surface area contributed by atoms with E-state index in [2.05, 4.69) is 0 Å². The molecule has 0 fully saturated rings. The van der Waals surface area contributed by atoms with Gasteiger partial charge in [0.25, 0.3) is 0 Å². The van der Waals surface area contributed by atoms with Gasteiger partial charge in [-0.1, -0.05) is 44.5 Å². The second-order valence-corrected chi connectivity index (χ2v) is 5.51. The molecule has 2 rings (SSSR count). The Morgan fingerprint density at radius 1 is 1.38 bits per heavy atom. The molecule has 0 aromatic heterocycles. The predicted octanol–water partition coefficient (Wildman–Crippen LogP) is 1.66. The first-order valence-corrected chi connectivity index (χ1v) is 5.76. The van der Waals surface area contributed by atoms with E-state index in [1.54, 1.807) is 0 Å². The number of benzene rings is 1. The van der Waals surface area contributed by atoms with Crippen molar-refractivity contribution in [2.45, 2.75) is 33.5 Å². The summed E-state index contributed by atoms with van der Waals surface area (Å²) in [7, 11) is 0. The molecule has 0 aliphatic carbocycles. The molecule has 84 valence electrons. The number of rotatable bonds is 1. The van der Waals surface area contributed by atoms with Crippen molar-refractivity contribution in [3.63, 3.8) is 0 Å². The van der Waals surface area contributed by atoms with Gasteiger partial charge in [0.15, 0.2) is 5.78 Å². The Balaban J connectivity index is 2.51. The smallest absolute Gasteiger partial charge is 0.324 e. The van der Waals surface area contributed by atoms with Gasteiger partial charge in [-0.3, -0.25) is 4.79 Å². The zero-order valence-electron chi connectivity index (χ0n) is 10.1. The number of fused-ring (bicyclic) bond motifs is 1. The molecular formula is C13H17BO2. The molecule has 0 spiro atoms. The molecule has 0 saturated heterocycles. The fourth-order valence-electron chi connectivity index (χ4n) is 2.26. The lowest BCUT2D eigenvalue weighted by Crippen LogP contribution is -2.35. The molecule has 1 aromatic rings. The lowest BCUT2D eigenvalue weighted by atomic mass is 9.60. The Hall–Kier alpha value is -1.09. The van der Waals surface area contributed by atoms with Crippen molar-refractivity contribution in [3.05, 3.63) is 29.3 Å². The lowest BCUT2D eigenvalue weighted by Gasteiger charge is -2.19. The van der Waals surface area contributed by atoms with Gasteiger partial charge in [0.05, 0.1) is 0 Å². The minimum Gasteiger partial charge on any atom is -0.446 e. The minimum absolute atomic E-state index is 0.116. The number of ketones is 1. The average Bonchev–Trinajstić information content (AvgIpc) is 2.58. The van der Waals surface area contributed by atoms with Gasteiger partial charge in [-0.05, 0) is 18.2 Å². The Morgan fingerprint density at radius 3 is 2.69 bits per heavy atom. The highest BCUT2D eigenvalue weighted by Gasteiger charge is 2.33. The molecule has 0 atom stereocenters. The predicted molar refractivity (Wildman–Crippen MR) is 66.3 cm³/mol. The van der Waals surface area contributed by atoms with Crippen LogP contribution in [-0.2, 0) is 6.42 Å². The van der Waals surface area contributed by atoms with Crippen LogP contribution in [0.1, 0.15) is 36.7 Å². The van der Waals surface area contributed by atoms with Gasteiger partial charge < -0.3 is 5.02 Å². The number of hydrogen-bond donors (Lipinski definition) is 1. The van der Waals surface area contributed by atoms with Crippen molar-refractivity contribution >= 4 is 18.2 Å². The van der Waals surface area contributed by atoms with Crippen molar-refractivity contribution < 1.29 is 9.82 Å². The third-order valence-corrected chi connectivity index (χ3v) is 3.14. The molecule has 1 N–H and O–H groups in total. The zero-order valence-corrected chi connectivity index (χ0v) is 10.1. The number of aryl methyl sites for hydroxylation is 1. The highest BCUT2D eigenvalue weighted by molar-refractivity contribution is 6.69. The number of carbonyl (C=O) groups excluding carboxylic acids is 1. The first-order valence-electron chi connectivity index (χ1n) is 5.76. The summed E-state index contributed by atoms with van der Waals surface area (Å²) in [5.41, 5.74) is 2.30. The Bertz CT molecular complexity index is 432. The molecule has 0 radical (unpaired) electrons. The van der Waals surface area contributed by atoms with Gasteiger partial charge >= 0.3 is 6.92 Å². The van der Waals surface area contributed by atoms with Crippen LogP contribution in [0.25, 0.3) is 0 Å². The van der Waals surface area contributed by atoms with E-state index in [-0.39, 0.29) is 5.78 Å². The summed E-state index contributed by atoms with van der Waals surface area (Å²) in [6.45, 7) is 5.28. The summed E-state index contributed by atoms with van der Waals surface area (Å²) in [6.07, 6.45) is 1.62. The van der Waals surface area contributed by atoms with E-state index in [9.17, 15) is 9.82 Å². The average molecular weight is 216 g/mol. The highest BCUT2D eigenvalue weighted by Crippen LogP contribution is 2.23. The maximum absolute atomic E-state index is 12.3. The van der Waals surface area contributed by atoms with E-state index < -0.39 is 12.3 Å². The van der Waals surface area contributed by atoms with E-state index >= 15 is 0 Å². The van der Waals surface area contributed by atoms with Crippen LogP contribution in [0.4, 0.5) is 0 Å². The molecular weight excluding hydrogens is 199 g/mol. The second kappa shape index (κ2) is 3.74. The zero-order chi connectivity index (χ0) is 11.9. The lowest BCUT2D eigenvalue weighted by molar-refractivity contribution is 0.0859. The summed E-state index contributed by atoms with van der Waals surface area (Å²) < 4.78 is 0. The molecule has 1 heterocycles. The summed E-state index contributed by atoms with van der Waals surface area (Å²) in [5.74, 6) is 0.116. The van der Waals surface area contributed by atoms with E-state index in [1.807, 2.05) is 39.0 Å². The summed E-state index contributed by atoms with van der Waals surface area (Å²) in [6, 6.07) is 5.75. The maximum atomic E-state index is 12.3. The van der Waals surface area contributed by atoms with Crippen LogP contribution in [0.5, 0.6) is 0 Å². The van der Waals surface area contributed by atoms with Gasteiger partial charge in [0.1, 0.15) is 0 Å². The molecule has 2 nitrogen and oxygen atoms in total. The summed E-state index contributed by atoms with van der Waals surface area (Å²) >= 11 is 0. The van der Waals surface area contributed by atoms with Crippen LogP contribution in [0.15, 0.2) is 18.2 Å². The van der Waals surface area contributed by atoms with Crippen LogP contribution >= 0.6 is 0 Å². The molecule has 1 aliphatic heterocycles. The third-order valence-electron chi connectivity index (χ3n) is 3.14. The van der Waals surface area contributed by atoms with E-state index in [1.165, 1.54) is 0 Å². The summed E-state index contributed by atoms with van der Waals surface area (Å²) in [5, 5.41) is 9.92. The molecule has 0 saturated carbocycles. The Kier molecular flexibility index (Phi) is 2.66. The van der Waals surface area contributed by atoms with Crippen molar-refractivity contribution in [1.29, 1.82) is 0 Å². The largest absolute Gasteiger partial charge is 0.446 e. The van der Waals surface area contributed by atoms with Crippen molar-refractivity contribution in [3.8, 4) is 0 Å². The van der Waals surface area contributed by atoms with Gasteiger partial charge in [0, 0.05) is 11.0 Å². The van der Waals surface area contributed by atoms with Crippen molar-refractivity contribution in [2.75, 3.05) is 0 Å². The van der Waals surface area contributed by atoms with E-state index in [0.717, 1.165) is 23.8 Å². The molecule has 3 heteroatoms. The molecule has 1 aliphatic rings. The van der Waals surface area contributed by atoms with Gasteiger partial charge in [-0.25, -0.2) is 0 Å². The molecule has 0 amide bonds. The van der Waals surface area contributed by atoms with E-state index in [0.29, 0.717) is 5.56 Å². The van der Waals surface area contributed by atoms with Crippen LogP contribution in [0.2, 0.25) is 6.32 Å². The molecule has 0 bridgehead atoms. The fourth-order valence-corrected chi connectivity index (χ4v) is 2.26. The number of hydrogen-bond acceptors (Lipinski definition) is 2. The maximum Gasteiger partial charge on any atom is 0.324 e. The fraction of sp³-hybridized carbons (Fsp3) is 0.462. The van der Waals surface area contributed by atoms with Gasteiger partial charge in [-0.2, -0.15) is 0 Å². The van der Waals surface area contributed by atoms with Crippen LogP contribution in [0.3, 0.4) is 0 Å². The second-order valence-electron chi connectivity index (χ2n) is 5.51. The minimum atomic E-state index is -0.461. The van der Waals surface area contributed by atoms with Crippen molar-refractivity contribution in [1.82, 2.24) is 0 Å². The molecule has 1 aromatic carbocycles. The first kappa shape index (κ1) is 11.4. The van der Waals surface area contributed by atoms with Crippen molar-refractivity contribution in [2.24, 2.45) is 5.41 Å². The monoisotopic (exact) mass is 216 g/mol. The Morgan fingerprint density at radius 2 is 2.06 bits per heavy atom. The third kappa shape index (κ3) is 1.80. The van der Waals surface area contributed by atoms with Gasteiger partial charge in [-0.15, -0.1) is 0 Å². The van der Waals surface area contributed by atoms with Crippen LogP contribution < -0.4 is 5.46 Å². The Labute approximate surface area is 96.8 Å². The summed E-state index contributed by atoms with van der Waals surface area (Å²) in [4.78, 5) is 12.3. The topological polar surface area (TPSA) is 37.3 Å². The number of carbonyl (C=O) groups is 1. The van der Waals surface area contributed by atoms with Crippen LogP contribution in [0, 0.1) is 5.41 Å². The quantitative estimate of drug-likeness (QED) is 0.572. The molecule has 16 heavy (non-hydrogen) atoms. The number of Topliss-reactive ketones (excluding diaryl/α,β-unsaturated/α-hetero) is 1.